The topological polar surface area (TPSA) is 52.5 Å². The van der Waals surface area contributed by atoms with E-state index in [9.17, 15) is 0 Å². The van der Waals surface area contributed by atoms with Gasteiger partial charge in [0, 0.05) is 11.3 Å². The molecule has 0 fully saturated rings. The molecule has 0 saturated carbocycles. The number of benzene rings is 1. The summed E-state index contributed by atoms with van der Waals surface area (Å²) in [5, 5.41) is 0. The number of aromatic nitrogens is 1. The highest BCUT2D eigenvalue weighted by Gasteiger charge is 2.16. The first-order valence-corrected chi connectivity index (χ1v) is 9.85. The Labute approximate surface area is 168 Å². The van der Waals surface area contributed by atoms with Crippen LogP contribution in [0.4, 0.5) is 0 Å². The summed E-state index contributed by atoms with van der Waals surface area (Å²) in [6.07, 6.45) is 10.1. The Bertz CT molecular complexity index is 933. The average molecular weight is 373 g/mol. The van der Waals surface area contributed by atoms with Crippen molar-refractivity contribution in [2.45, 2.75) is 26.7 Å². The maximum Gasteiger partial charge on any atom is 0.223 e. The number of hydrogen-bond acceptors (Lipinski definition) is 3. The van der Waals surface area contributed by atoms with Crippen molar-refractivity contribution in [2.24, 2.45) is 10.7 Å². The molecule has 5 heteroatoms. The van der Waals surface area contributed by atoms with Crippen molar-refractivity contribution in [1.82, 2.24) is 4.48 Å². The van der Waals surface area contributed by atoms with Crippen molar-refractivity contribution in [2.75, 3.05) is 13.2 Å². The molecule has 4 nitrogen and oxygen atoms in total. The Hall–Kier alpha value is -2.79. The predicted octanol–water partition coefficient (Wildman–Crippen LogP) is 3.85. The summed E-state index contributed by atoms with van der Waals surface area (Å²) in [4.78, 5) is 4.88. The summed E-state index contributed by atoms with van der Waals surface area (Å²) in [5.74, 6) is 0.909. The maximum absolute atomic E-state index is 5.87. The standard InChI is InChI=1S/C23H28BN3O/c1-3-15-28-20-10-7-18(8-11-20)6-9-19-16-17(2)23(26-19)21(12-13-25)22-5-4-14-27(22)24/h4-11,14,16H,3,12-13,15,24-25H2,1-2H3/b9-6+,23-21-. The Morgan fingerprint density at radius 2 is 2.00 bits per heavy atom. The van der Waals surface area contributed by atoms with E-state index < -0.39 is 0 Å². The second-order valence-corrected chi connectivity index (χ2v) is 6.99. The van der Waals surface area contributed by atoms with Gasteiger partial charge in [-0.1, -0.05) is 25.1 Å². The van der Waals surface area contributed by atoms with E-state index in [1.807, 2.05) is 12.1 Å². The third-order valence-corrected chi connectivity index (χ3v) is 4.71. The number of nitrogens with two attached hydrogens (primary N) is 1. The molecule has 2 heterocycles. The van der Waals surface area contributed by atoms with Crippen LogP contribution in [0, 0.1) is 0 Å². The molecule has 1 aromatic heterocycles. The van der Waals surface area contributed by atoms with Crippen molar-refractivity contribution < 1.29 is 4.74 Å². The monoisotopic (exact) mass is 373 g/mol. The molecule has 0 spiro atoms. The molecule has 0 atom stereocenters. The summed E-state index contributed by atoms with van der Waals surface area (Å²) in [6.45, 7) is 5.56. The highest BCUT2D eigenvalue weighted by atomic mass is 16.5. The first kappa shape index (κ1) is 20.0. The maximum atomic E-state index is 5.87. The van der Waals surface area contributed by atoms with E-state index in [-0.39, 0.29) is 0 Å². The van der Waals surface area contributed by atoms with Crippen LogP contribution in [0.3, 0.4) is 0 Å². The van der Waals surface area contributed by atoms with Crippen molar-refractivity contribution in [1.29, 1.82) is 0 Å². The lowest BCUT2D eigenvalue weighted by Gasteiger charge is -2.11. The van der Waals surface area contributed by atoms with Crippen LogP contribution < -0.4 is 10.5 Å². The number of rotatable bonds is 8. The van der Waals surface area contributed by atoms with Crippen LogP contribution in [0.2, 0.25) is 0 Å². The summed E-state index contributed by atoms with van der Waals surface area (Å²) in [6, 6.07) is 12.3. The highest BCUT2D eigenvalue weighted by molar-refractivity contribution is 6.11. The van der Waals surface area contributed by atoms with Crippen LogP contribution in [0.1, 0.15) is 37.9 Å². The number of allylic oxidation sites excluding steroid dienone is 3. The lowest BCUT2D eigenvalue weighted by molar-refractivity contribution is 0.317. The predicted molar refractivity (Wildman–Crippen MR) is 121 cm³/mol. The normalized spacial score (nSPS) is 15.7. The van der Waals surface area contributed by atoms with Crippen molar-refractivity contribution >= 4 is 25.3 Å². The van der Waals surface area contributed by atoms with E-state index >= 15 is 0 Å². The van der Waals surface area contributed by atoms with Gasteiger partial charge in [-0.3, -0.25) is 0 Å². The Morgan fingerprint density at radius 3 is 2.64 bits per heavy atom. The molecule has 2 N–H and O–H groups in total. The zero-order valence-electron chi connectivity index (χ0n) is 17.0. The third kappa shape index (κ3) is 4.73. The number of aliphatic imine (C=N–C) groups is 1. The molecule has 1 aliphatic heterocycles. The lowest BCUT2D eigenvalue weighted by atomic mass is 10.0. The third-order valence-electron chi connectivity index (χ3n) is 4.71. The fourth-order valence-corrected chi connectivity index (χ4v) is 3.29. The summed E-state index contributed by atoms with van der Waals surface area (Å²) in [5.41, 5.74) is 12.5. The van der Waals surface area contributed by atoms with Crippen LogP contribution in [-0.2, 0) is 0 Å². The van der Waals surface area contributed by atoms with Crippen LogP contribution in [-0.4, -0.2) is 31.3 Å². The van der Waals surface area contributed by atoms with E-state index in [0.29, 0.717) is 6.54 Å². The molecule has 0 radical (unpaired) electrons. The summed E-state index contributed by atoms with van der Waals surface area (Å²) in [7, 11) is 2.05. The zero-order valence-corrected chi connectivity index (χ0v) is 17.0. The molecule has 28 heavy (non-hydrogen) atoms. The van der Waals surface area contributed by atoms with Crippen LogP contribution in [0.5, 0.6) is 5.75 Å². The van der Waals surface area contributed by atoms with E-state index in [1.165, 1.54) is 16.8 Å². The highest BCUT2D eigenvalue weighted by Crippen LogP contribution is 2.31. The molecule has 1 aliphatic rings. The summed E-state index contributed by atoms with van der Waals surface area (Å²) < 4.78 is 7.76. The molecule has 1 aromatic carbocycles. The number of hydrogen-bond donors (Lipinski definition) is 1. The molecule has 0 aliphatic carbocycles. The molecule has 144 valence electrons. The Kier molecular flexibility index (Phi) is 6.72. The molecule has 0 saturated heterocycles. The van der Waals surface area contributed by atoms with Crippen LogP contribution in [0.15, 0.2) is 71.0 Å². The fraction of sp³-hybridized carbons (Fsp3) is 0.261. The molecule has 0 unspecified atom stereocenters. The minimum Gasteiger partial charge on any atom is -0.494 e. The SMILES string of the molecule is Bn1cccc1/C(CCN)=C1N=C(/C=C/c2ccc(OCCC)cc2)C=C\1C. The van der Waals surface area contributed by atoms with Gasteiger partial charge in [0.05, 0.1) is 18.0 Å². The minimum absolute atomic E-state index is 0.602. The van der Waals surface area contributed by atoms with Gasteiger partial charge in [-0.25, -0.2) is 4.99 Å². The molecule has 0 bridgehead atoms. The van der Waals surface area contributed by atoms with Gasteiger partial charge in [0.1, 0.15) is 5.75 Å². The van der Waals surface area contributed by atoms with Crippen molar-refractivity contribution in [3.63, 3.8) is 0 Å². The fourth-order valence-electron chi connectivity index (χ4n) is 3.29. The lowest BCUT2D eigenvalue weighted by Crippen LogP contribution is -2.05. The van der Waals surface area contributed by atoms with Crippen molar-refractivity contribution in [3.8, 4) is 5.75 Å². The number of nitrogens with zero attached hydrogens (tertiary/aromatic N) is 2. The van der Waals surface area contributed by atoms with Gasteiger partial charge >= 0.3 is 0 Å². The number of ether oxygens (including phenoxy) is 1. The Balaban J connectivity index is 1.82. The Morgan fingerprint density at radius 1 is 1.21 bits per heavy atom. The van der Waals surface area contributed by atoms with Gasteiger partial charge in [-0.15, -0.1) is 0 Å². The van der Waals surface area contributed by atoms with Gasteiger partial charge in [0.2, 0.25) is 7.98 Å². The first-order chi connectivity index (χ1) is 13.6. The molecule has 3 rings (SSSR count). The van der Waals surface area contributed by atoms with E-state index in [0.717, 1.165) is 42.2 Å². The second kappa shape index (κ2) is 9.42. The smallest absolute Gasteiger partial charge is 0.223 e. The van der Waals surface area contributed by atoms with E-state index in [2.05, 4.69) is 75.0 Å². The van der Waals surface area contributed by atoms with Crippen LogP contribution >= 0.6 is 0 Å². The van der Waals surface area contributed by atoms with Gasteiger partial charge in [-0.05, 0) is 80.1 Å². The van der Waals surface area contributed by atoms with E-state index in [1.54, 1.807) is 0 Å². The molecule has 0 amide bonds. The van der Waals surface area contributed by atoms with Gasteiger partial charge < -0.3 is 14.9 Å². The quantitative estimate of drug-likeness (QED) is 0.715. The van der Waals surface area contributed by atoms with Gasteiger partial charge in [0.15, 0.2) is 0 Å². The average Bonchev–Trinajstić information content (AvgIpc) is 3.29. The molecular weight excluding hydrogens is 345 g/mol. The molecule has 2 aromatic rings. The van der Waals surface area contributed by atoms with Gasteiger partial charge in [-0.2, -0.15) is 0 Å². The second-order valence-electron chi connectivity index (χ2n) is 6.99. The molecular formula is C23H28BN3O. The minimum atomic E-state index is 0.602. The largest absolute Gasteiger partial charge is 0.494 e. The van der Waals surface area contributed by atoms with Gasteiger partial charge in [0.25, 0.3) is 0 Å². The summed E-state index contributed by atoms with van der Waals surface area (Å²) >= 11 is 0. The zero-order chi connectivity index (χ0) is 19.9. The van der Waals surface area contributed by atoms with Crippen molar-refractivity contribution in [3.05, 3.63) is 77.3 Å². The first-order valence-electron chi connectivity index (χ1n) is 9.85. The van der Waals surface area contributed by atoms with Crippen LogP contribution in [0.25, 0.3) is 11.6 Å². The van der Waals surface area contributed by atoms with E-state index in [4.69, 9.17) is 15.5 Å².